The van der Waals surface area contributed by atoms with E-state index in [1.54, 1.807) is 0 Å². The summed E-state index contributed by atoms with van der Waals surface area (Å²) in [5.41, 5.74) is -1.77. The molecule has 2 heterocycles. The van der Waals surface area contributed by atoms with Gasteiger partial charge in [0.2, 0.25) is 10.6 Å². The third-order valence-electron chi connectivity index (χ3n) is 3.44. The minimum Gasteiger partial charge on any atom is -0.360 e. The smallest absolute Gasteiger partial charge is 0.360 e. The summed E-state index contributed by atoms with van der Waals surface area (Å²) in [7, 11) is 0. The highest BCUT2D eigenvalue weighted by Crippen LogP contribution is 2.30. The van der Waals surface area contributed by atoms with Gasteiger partial charge in [-0.3, -0.25) is 14.9 Å². The van der Waals surface area contributed by atoms with E-state index in [1.807, 2.05) is 6.92 Å². The first kappa shape index (κ1) is 17.1. The summed E-state index contributed by atoms with van der Waals surface area (Å²) in [5.74, 6) is -0.707. The summed E-state index contributed by atoms with van der Waals surface area (Å²) in [5, 5.41) is 11.1. The standard InChI is InChI=1S/C15H11F3N4O2S/c1-2-11-21-22-14(25-11)20-13(24)9-6-19-10-5-7(15(16,17)18)3-4-8(10)12(9)23/h3-6H,2H2,1H3,(H,19,23)(H,20,22,24). The van der Waals surface area contributed by atoms with Gasteiger partial charge in [-0.1, -0.05) is 18.3 Å². The first-order valence-electron chi connectivity index (χ1n) is 7.16. The van der Waals surface area contributed by atoms with Crippen molar-refractivity contribution in [1.82, 2.24) is 15.2 Å². The monoisotopic (exact) mass is 368 g/mol. The second-order valence-electron chi connectivity index (χ2n) is 5.10. The summed E-state index contributed by atoms with van der Waals surface area (Å²) in [6.07, 6.45) is -2.77. The van der Waals surface area contributed by atoms with Crippen LogP contribution in [0.4, 0.5) is 18.3 Å². The number of hydrogen-bond donors (Lipinski definition) is 2. The van der Waals surface area contributed by atoms with Crippen molar-refractivity contribution in [3.63, 3.8) is 0 Å². The average Bonchev–Trinajstić information content (AvgIpc) is 3.01. The van der Waals surface area contributed by atoms with E-state index in [1.165, 1.54) is 11.3 Å². The Labute approximate surface area is 142 Å². The number of H-pyrrole nitrogens is 1. The number of amides is 1. The Bertz CT molecular complexity index is 1010. The second-order valence-corrected chi connectivity index (χ2v) is 6.16. The molecule has 0 bridgehead atoms. The molecule has 0 saturated carbocycles. The first-order chi connectivity index (χ1) is 11.8. The van der Waals surface area contributed by atoms with Crippen molar-refractivity contribution in [3.8, 4) is 0 Å². The fourth-order valence-electron chi connectivity index (χ4n) is 2.18. The van der Waals surface area contributed by atoms with Crippen LogP contribution in [-0.2, 0) is 12.6 Å². The number of nitrogens with zero attached hydrogens (tertiary/aromatic N) is 2. The highest BCUT2D eigenvalue weighted by molar-refractivity contribution is 7.15. The van der Waals surface area contributed by atoms with Crippen LogP contribution in [0.1, 0.15) is 27.9 Å². The Morgan fingerprint density at radius 1 is 1.32 bits per heavy atom. The van der Waals surface area contributed by atoms with Crippen LogP contribution < -0.4 is 10.7 Å². The number of rotatable bonds is 3. The number of nitrogens with one attached hydrogen (secondary N) is 2. The quantitative estimate of drug-likeness (QED) is 0.743. The Balaban J connectivity index is 1.95. The summed E-state index contributed by atoms with van der Waals surface area (Å²) in [4.78, 5) is 27.2. The van der Waals surface area contributed by atoms with Crippen LogP contribution in [0.2, 0.25) is 0 Å². The van der Waals surface area contributed by atoms with Crippen molar-refractivity contribution in [2.45, 2.75) is 19.5 Å². The van der Waals surface area contributed by atoms with Crippen LogP contribution in [-0.4, -0.2) is 21.1 Å². The number of halogens is 3. The first-order valence-corrected chi connectivity index (χ1v) is 7.97. The van der Waals surface area contributed by atoms with E-state index in [2.05, 4.69) is 20.5 Å². The van der Waals surface area contributed by atoms with Gasteiger partial charge in [0.15, 0.2) is 0 Å². The predicted octanol–water partition coefficient (Wildman–Crippen LogP) is 3.21. The van der Waals surface area contributed by atoms with E-state index in [-0.39, 0.29) is 21.6 Å². The van der Waals surface area contributed by atoms with E-state index in [4.69, 9.17) is 0 Å². The molecule has 0 aliphatic carbocycles. The molecule has 0 atom stereocenters. The SMILES string of the molecule is CCc1nnc(NC(=O)c2c[nH]c3cc(C(F)(F)F)ccc3c2=O)s1. The van der Waals surface area contributed by atoms with Gasteiger partial charge >= 0.3 is 6.18 Å². The topological polar surface area (TPSA) is 87.7 Å². The summed E-state index contributed by atoms with van der Waals surface area (Å²) in [6, 6.07) is 2.68. The number of carbonyl (C=O) groups is 1. The number of benzene rings is 1. The molecule has 0 aliphatic rings. The number of aromatic amines is 1. The normalized spacial score (nSPS) is 11.7. The molecule has 1 amide bonds. The zero-order chi connectivity index (χ0) is 18.2. The van der Waals surface area contributed by atoms with Crippen LogP contribution in [0, 0.1) is 0 Å². The maximum Gasteiger partial charge on any atom is 0.416 e. The lowest BCUT2D eigenvalue weighted by atomic mass is 10.1. The largest absolute Gasteiger partial charge is 0.416 e. The molecule has 6 nitrogen and oxygen atoms in total. The van der Waals surface area contributed by atoms with Crippen LogP contribution in [0.3, 0.4) is 0 Å². The molecule has 3 rings (SSSR count). The number of hydrogen-bond acceptors (Lipinski definition) is 5. The van der Waals surface area contributed by atoms with E-state index >= 15 is 0 Å². The summed E-state index contributed by atoms with van der Waals surface area (Å²) in [6.45, 7) is 1.88. The van der Waals surface area contributed by atoms with Gasteiger partial charge in [0.1, 0.15) is 10.6 Å². The molecule has 0 spiro atoms. The van der Waals surface area contributed by atoms with E-state index < -0.39 is 23.1 Å². The Morgan fingerprint density at radius 3 is 2.72 bits per heavy atom. The molecular weight excluding hydrogens is 357 g/mol. The maximum absolute atomic E-state index is 12.7. The van der Waals surface area contributed by atoms with Gasteiger partial charge in [0.05, 0.1) is 5.56 Å². The van der Waals surface area contributed by atoms with E-state index in [0.717, 1.165) is 29.4 Å². The van der Waals surface area contributed by atoms with Gasteiger partial charge in [0.25, 0.3) is 5.91 Å². The Morgan fingerprint density at radius 2 is 2.08 bits per heavy atom. The second kappa shape index (κ2) is 6.28. The van der Waals surface area contributed by atoms with Gasteiger partial charge in [-0.15, -0.1) is 10.2 Å². The van der Waals surface area contributed by atoms with Gasteiger partial charge in [-0.05, 0) is 24.6 Å². The van der Waals surface area contributed by atoms with Crippen molar-refractivity contribution in [2.75, 3.05) is 5.32 Å². The van der Waals surface area contributed by atoms with Crippen molar-refractivity contribution in [3.05, 3.63) is 50.8 Å². The number of anilines is 1. The van der Waals surface area contributed by atoms with Gasteiger partial charge in [-0.25, -0.2) is 0 Å². The fourth-order valence-corrected chi connectivity index (χ4v) is 2.85. The minimum atomic E-state index is -4.52. The van der Waals surface area contributed by atoms with Gasteiger partial charge in [-0.2, -0.15) is 13.2 Å². The summed E-state index contributed by atoms with van der Waals surface area (Å²) < 4.78 is 38.2. The van der Waals surface area contributed by atoms with Crippen molar-refractivity contribution in [2.24, 2.45) is 0 Å². The van der Waals surface area contributed by atoms with Gasteiger partial charge < -0.3 is 4.98 Å². The number of alkyl halides is 3. The van der Waals surface area contributed by atoms with Gasteiger partial charge in [0, 0.05) is 17.1 Å². The van der Waals surface area contributed by atoms with Crippen LogP contribution in [0.5, 0.6) is 0 Å². The molecule has 0 unspecified atom stereocenters. The maximum atomic E-state index is 12.7. The zero-order valence-corrected chi connectivity index (χ0v) is 13.6. The molecule has 2 aromatic heterocycles. The lowest BCUT2D eigenvalue weighted by Gasteiger charge is -2.08. The fraction of sp³-hybridized carbons (Fsp3) is 0.200. The third-order valence-corrected chi connectivity index (χ3v) is 4.43. The predicted molar refractivity (Wildman–Crippen MR) is 86.8 cm³/mol. The third kappa shape index (κ3) is 3.38. The molecule has 10 heteroatoms. The molecule has 0 saturated heterocycles. The van der Waals surface area contributed by atoms with Crippen molar-refractivity contribution < 1.29 is 18.0 Å². The average molecular weight is 368 g/mol. The van der Waals surface area contributed by atoms with Crippen molar-refractivity contribution >= 4 is 33.3 Å². The minimum absolute atomic E-state index is 0.000518. The number of carbonyl (C=O) groups excluding carboxylic acids is 1. The summed E-state index contributed by atoms with van der Waals surface area (Å²) >= 11 is 1.18. The van der Waals surface area contributed by atoms with Crippen molar-refractivity contribution in [1.29, 1.82) is 0 Å². The number of aryl methyl sites for hydroxylation is 1. The molecule has 0 aliphatic heterocycles. The lowest BCUT2D eigenvalue weighted by molar-refractivity contribution is -0.137. The molecule has 0 fully saturated rings. The molecular formula is C15H11F3N4O2S. The molecule has 130 valence electrons. The number of fused-ring (bicyclic) bond motifs is 1. The number of aromatic nitrogens is 3. The molecule has 25 heavy (non-hydrogen) atoms. The Hall–Kier alpha value is -2.75. The molecule has 2 N–H and O–H groups in total. The van der Waals surface area contributed by atoms with E-state index in [0.29, 0.717) is 6.42 Å². The van der Waals surface area contributed by atoms with Crippen LogP contribution in [0.25, 0.3) is 10.9 Å². The van der Waals surface area contributed by atoms with Crippen LogP contribution in [0.15, 0.2) is 29.2 Å². The van der Waals surface area contributed by atoms with Crippen LogP contribution >= 0.6 is 11.3 Å². The molecule has 0 radical (unpaired) electrons. The highest BCUT2D eigenvalue weighted by atomic mass is 32.1. The molecule has 3 aromatic rings. The van der Waals surface area contributed by atoms with E-state index in [9.17, 15) is 22.8 Å². The Kier molecular flexibility index (Phi) is 4.29. The zero-order valence-electron chi connectivity index (χ0n) is 12.8. The number of pyridine rings is 1. The lowest BCUT2D eigenvalue weighted by Crippen LogP contribution is -2.22. The molecule has 1 aromatic carbocycles. The highest BCUT2D eigenvalue weighted by Gasteiger charge is 2.30.